The van der Waals surface area contributed by atoms with Crippen molar-refractivity contribution in [3.63, 3.8) is 0 Å². The first-order valence-electron chi connectivity index (χ1n) is 5.14. The molecule has 1 aromatic heterocycles. The number of carbonyl (C=O) groups is 1. The Morgan fingerprint density at radius 2 is 2.21 bits per heavy atom. The van der Waals surface area contributed by atoms with Crippen LogP contribution in [-0.4, -0.2) is 33.6 Å². The zero-order chi connectivity index (χ0) is 14.6. The Balaban J connectivity index is 2.71. The summed E-state index contributed by atoms with van der Waals surface area (Å²) in [7, 11) is -3.72. The fourth-order valence-electron chi connectivity index (χ4n) is 1.12. The second kappa shape index (κ2) is 7.14. The Morgan fingerprint density at radius 1 is 1.58 bits per heavy atom. The van der Waals surface area contributed by atoms with Gasteiger partial charge in [-0.3, -0.25) is 4.79 Å². The normalized spacial score (nSPS) is 13.3. The standard InChI is InChI=1S/C9H12Br2N2O4S2/c1-2-17-9(14)5(12)4-13-19(15,16)6-3-7(10)18-8(6)11/h3,5,13H,2,4,12H2,1H3. The van der Waals surface area contributed by atoms with E-state index in [2.05, 4.69) is 41.3 Å². The Bertz CT molecular complexity index is 559. The molecule has 0 saturated carbocycles. The van der Waals surface area contributed by atoms with E-state index in [0.717, 1.165) is 0 Å². The molecule has 0 aliphatic rings. The van der Waals surface area contributed by atoms with E-state index in [4.69, 9.17) is 5.73 Å². The van der Waals surface area contributed by atoms with Crippen LogP contribution in [0.25, 0.3) is 0 Å². The molecular weight excluding hydrogens is 424 g/mol. The number of thiophene rings is 1. The molecule has 6 nitrogen and oxygen atoms in total. The summed E-state index contributed by atoms with van der Waals surface area (Å²) in [5.41, 5.74) is 5.51. The van der Waals surface area contributed by atoms with Gasteiger partial charge >= 0.3 is 5.97 Å². The minimum atomic E-state index is -3.72. The average Bonchev–Trinajstić information content (AvgIpc) is 2.66. The van der Waals surface area contributed by atoms with Crippen molar-refractivity contribution in [3.8, 4) is 0 Å². The van der Waals surface area contributed by atoms with Crippen LogP contribution < -0.4 is 10.5 Å². The number of carbonyl (C=O) groups excluding carboxylic acids is 1. The van der Waals surface area contributed by atoms with Crippen LogP contribution in [0.2, 0.25) is 0 Å². The highest BCUT2D eigenvalue weighted by Crippen LogP contribution is 2.34. The molecule has 1 atom stereocenters. The average molecular weight is 436 g/mol. The van der Waals surface area contributed by atoms with E-state index in [1.807, 2.05) is 0 Å². The molecule has 1 rings (SSSR count). The summed E-state index contributed by atoms with van der Waals surface area (Å²) in [4.78, 5) is 11.4. The van der Waals surface area contributed by atoms with Crippen molar-refractivity contribution in [2.24, 2.45) is 5.73 Å². The molecule has 0 aromatic carbocycles. The minimum Gasteiger partial charge on any atom is -0.465 e. The number of esters is 1. The molecule has 10 heteroatoms. The molecule has 3 N–H and O–H groups in total. The molecule has 0 spiro atoms. The molecule has 0 fully saturated rings. The molecule has 0 radical (unpaired) electrons. The fourth-order valence-corrected chi connectivity index (χ4v) is 5.99. The van der Waals surface area contributed by atoms with Crippen LogP contribution in [0.3, 0.4) is 0 Å². The van der Waals surface area contributed by atoms with Gasteiger partial charge in [-0.25, -0.2) is 13.1 Å². The van der Waals surface area contributed by atoms with Gasteiger partial charge in [0, 0.05) is 6.54 Å². The first kappa shape index (κ1) is 17.1. The minimum absolute atomic E-state index is 0.0976. The molecule has 1 unspecified atom stereocenters. The van der Waals surface area contributed by atoms with Gasteiger partial charge in [0.05, 0.1) is 14.2 Å². The van der Waals surface area contributed by atoms with Gasteiger partial charge in [-0.1, -0.05) is 0 Å². The van der Waals surface area contributed by atoms with E-state index in [1.165, 1.54) is 17.4 Å². The van der Waals surface area contributed by atoms with Crippen LogP contribution in [0.5, 0.6) is 0 Å². The van der Waals surface area contributed by atoms with Crippen molar-refractivity contribution in [3.05, 3.63) is 13.6 Å². The molecule has 0 aliphatic carbocycles. The largest absolute Gasteiger partial charge is 0.465 e. The topological polar surface area (TPSA) is 98.5 Å². The van der Waals surface area contributed by atoms with E-state index >= 15 is 0 Å². The van der Waals surface area contributed by atoms with Gasteiger partial charge in [-0.15, -0.1) is 11.3 Å². The van der Waals surface area contributed by atoms with Gasteiger partial charge in [-0.05, 0) is 44.8 Å². The summed E-state index contributed by atoms with van der Waals surface area (Å²) in [6.45, 7) is 1.62. The third-order valence-electron chi connectivity index (χ3n) is 2.00. The van der Waals surface area contributed by atoms with Crippen molar-refractivity contribution in [2.45, 2.75) is 17.9 Å². The molecular formula is C9H12Br2N2O4S2. The van der Waals surface area contributed by atoms with Crippen LogP contribution in [0.15, 0.2) is 18.5 Å². The van der Waals surface area contributed by atoms with E-state index in [1.54, 1.807) is 6.92 Å². The predicted molar refractivity (Wildman–Crippen MR) is 79.5 cm³/mol. The Labute approximate surface area is 132 Å². The van der Waals surface area contributed by atoms with Crippen molar-refractivity contribution >= 4 is 59.2 Å². The predicted octanol–water partition coefficient (Wildman–Crippen LogP) is 1.44. The number of rotatable bonds is 6. The molecule has 0 aliphatic heterocycles. The van der Waals surface area contributed by atoms with Gasteiger partial charge in [-0.2, -0.15) is 0 Å². The second-order valence-electron chi connectivity index (χ2n) is 3.40. The number of sulfonamides is 1. The lowest BCUT2D eigenvalue weighted by atomic mass is 10.3. The first-order chi connectivity index (χ1) is 8.77. The zero-order valence-electron chi connectivity index (χ0n) is 9.85. The fraction of sp³-hybridized carbons (Fsp3) is 0.444. The highest BCUT2D eigenvalue weighted by atomic mass is 79.9. The van der Waals surface area contributed by atoms with E-state index in [9.17, 15) is 13.2 Å². The highest BCUT2D eigenvalue weighted by molar-refractivity contribution is 9.12. The van der Waals surface area contributed by atoms with Gasteiger partial charge < -0.3 is 10.5 Å². The third kappa shape index (κ3) is 4.80. The van der Waals surface area contributed by atoms with Crippen LogP contribution in [0.4, 0.5) is 0 Å². The maximum atomic E-state index is 12.0. The molecule has 0 saturated heterocycles. The van der Waals surface area contributed by atoms with Gasteiger partial charge in [0.2, 0.25) is 10.0 Å². The monoisotopic (exact) mass is 434 g/mol. The molecule has 0 amide bonds. The second-order valence-corrected chi connectivity index (χ2v) is 8.88. The summed E-state index contributed by atoms with van der Waals surface area (Å²) >= 11 is 7.59. The van der Waals surface area contributed by atoms with E-state index < -0.39 is 22.0 Å². The molecule has 1 aromatic rings. The van der Waals surface area contributed by atoms with Crippen LogP contribution in [0, 0.1) is 0 Å². The Hall–Kier alpha value is -0.000000000000000333. The number of hydrogen-bond donors (Lipinski definition) is 2. The van der Waals surface area contributed by atoms with Gasteiger partial charge in [0.15, 0.2) is 0 Å². The maximum Gasteiger partial charge on any atom is 0.324 e. The van der Waals surface area contributed by atoms with Crippen molar-refractivity contribution in [1.82, 2.24) is 4.72 Å². The number of ether oxygens (including phenoxy) is 1. The third-order valence-corrected chi connectivity index (χ3v) is 6.18. The summed E-state index contributed by atoms with van der Waals surface area (Å²) in [5, 5.41) is 0. The Kier molecular flexibility index (Phi) is 6.40. The van der Waals surface area contributed by atoms with E-state index in [0.29, 0.717) is 7.57 Å². The Morgan fingerprint density at radius 3 is 2.68 bits per heavy atom. The van der Waals surface area contributed by atoms with E-state index in [-0.39, 0.29) is 18.0 Å². The van der Waals surface area contributed by atoms with Crippen LogP contribution in [0.1, 0.15) is 6.92 Å². The molecule has 0 bridgehead atoms. The van der Waals surface area contributed by atoms with Gasteiger partial charge in [0.1, 0.15) is 10.9 Å². The summed E-state index contributed by atoms with van der Waals surface area (Å²) in [5.74, 6) is -0.643. The molecule has 108 valence electrons. The number of hydrogen-bond acceptors (Lipinski definition) is 6. The zero-order valence-corrected chi connectivity index (χ0v) is 14.7. The molecule has 19 heavy (non-hydrogen) atoms. The van der Waals surface area contributed by atoms with Crippen LogP contribution >= 0.6 is 43.2 Å². The summed E-state index contributed by atoms with van der Waals surface area (Å²) in [6, 6.07) is 0.433. The number of nitrogens with two attached hydrogens (primary N) is 1. The quantitative estimate of drug-likeness (QED) is 0.658. The maximum absolute atomic E-state index is 12.0. The number of halogens is 2. The van der Waals surface area contributed by atoms with Crippen molar-refractivity contribution < 1.29 is 17.9 Å². The van der Waals surface area contributed by atoms with Crippen molar-refractivity contribution in [1.29, 1.82) is 0 Å². The summed E-state index contributed by atoms with van der Waals surface area (Å²) < 4.78 is 32.1. The lowest BCUT2D eigenvalue weighted by Gasteiger charge is -2.11. The van der Waals surface area contributed by atoms with Crippen LogP contribution in [-0.2, 0) is 19.6 Å². The lowest BCUT2D eigenvalue weighted by Crippen LogP contribution is -2.43. The number of nitrogens with one attached hydrogen (secondary N) is 1. The first-order valence-corrected chi connectivity index (χ1v) is 9.03. The smallest absolute Gasteiger partial charge is 0.324 e. The summed E-state index contributed by atoms with van der Waals surface area (Å²) in [6.07, 6.45) is 0. The van der Waals surface area contributed by atoms with Crippen molar-refractivity contribution in [2.75, 3.05) is 13.2 Å². The lowest BCUT2D eigenvalue weighted by molar-refractivity contribution is -0.144. The highest BCUT2D eigenvalue weighted by Gasteiger charge is 2.23. The SMILES string of the molecule is CCOC(=O)C(N)CNS(=O)(=O)c1cc(Br)sc1Br. The molecule has 1 heterocycles. The van der Waals surface area contributed by atoms with Gasteiger partial charge in [0.25, 0.3) is 0 Å².